The van der Waals surface area contributed by atoms with E-state index >= 15 is 0 Å². The molecule has 0 aliphatic carbocycles. The minimum atomic E-state index is -3.48. The Hall–Kier alpha value is -0.910. The molecule has 4 nitrogen and oxygen atoms in total. The van der Waals surface area contributed by atoms with Crippen molar-refractivity contribution in [2.75, 3.05) is 13.1 Å². The number of pyridine rings is 1. The first-order valence-corrected chi connectivity index (χ1v) is 8.34. The third-order valence-corrected chi connectivity index (χ3v) is 5.55. The van der Waals surface area contributed by atoms with Crippen molar-refractivity contribution in [1.29, 1.82) is 0 Å². The second-order valence-corrected chi connectivity index (χ2v) is 8.23. The number of hydrogen-bond acceptors (Lipinski definition) is 3. The van der Waals surface area contributed by atoms with Gasteiger partial charge in [0.25, 0.3) is 0 Å². The van der Waals surface area contributed by atoms with Gasteiger partial charge in [0.05, 0.1) is 0 Å². The van der Waals surface area contributed by atoms with Crippen molar-refractivity contribution in [2.24, 2.45) is 5.41 Å². The summed E-state index contributed by atoms with van der Waals surface area (Å²) in [5.41, 5.74) is 1.40. The quantitative estimate of drug-likeness (QED) is 0.622. The zero-order chi connectivity index (χ0) is 15.0. The highest BCUT2D eigenvalue weighted by atomic mass is 35.5. The van der Waals surface area contributed by atoms with E-state index in [0.717, 1.165) is 6.42 Å². The average molecular weight is 315 g/mol. The number of rotatable bonds is 2. The van der Waals surface area contributed by atoms with Gasteiger partial charge in [0.15, 0.2) is 0 Å². The van der Waals surface area contributed by atoms with Gasteiger partial charge >= 0.3 is 0 Å². The van der Waals surface area contributed by atoms with Crippen LogP contribution in [0.5, 0.6) is 0 Å². The Bertz CT molecular complexity index is 616. The Morgan fingerprint density at radius 1 is 1.30 bits per heavy atom. The predicted octanol–water partition coefficient (Wildman–Crippen LogP) is 3.10. The first-order valence-electron chi connectivity index (χ1n) is 6.52. The Morgan fingerprint density at radius 3 is 2.45 bits per heavy atom. The maximum atomic E-state index is 12.5. The number of hydrogen-bond donors (Lipinski definition) is 0. The highest BCUT2D eigenvalue weighted by Gasteiger charge is 2.29. The molecule has 0 saturated carbocycles. The largest absolute Gasteiger partial charge is 0.244 e. The summed E-state index contributed by atoms with van der Waals surface area (Å²) in [6.45, 7) is 7.36. The van der Waals surface area contributed by atoms with Crippen LogP contribution < -0.4 is 0 Å². The molecule has 0 aromatic carbocycles. The average Bonchev–Trinajstić information content (AvgIpc) is 2.38. The molecular weight excluding hydrogens is 296 g/mol. The minimum Gasteiger partial charge on any atom is -0.243 e. The predicted molar refractivity (Wildman–Crippen MR) is 80.2 cm³/mol. The summed E-state index contributed by atoms with van der Waals surface area (Å²) < 4.78 is 26.4. The van der Waals surface area contributed by atoms with Crippen LogP contribution in [0.25, 0.3) is 0 Å². The third kappa shape index (κ3) is 3.22. The first kappa shape index (κ1) is 15.5. The number of halogens is 1. The van der Waals surface area contributed by atoms with Crippen LogP contribution in [0.15, 0.2) is 34.9 Å². The summed E-state index contributed by atoms with van der Waals surface area (Å²) >= 11 is 5.69. The van der Waals surface area contributed by atoms with Gasteiger partial charge in [-0.3, -0.25) is 0 Å². The zero-order valence-corrected chi connectivity index (χ0v) is 13.5. The molecule has 20 heavy (non-hydrogen) atoms. The molecule has 0 spiro atoms. The zero-order valence-electron chi connectivity index (χ0n) is 11.9. The number of aromatic nitrogens is 1. The molecule has 1 aliphatic rings. The molecule has 1 aromatic heterocycles. The SMILES string of the molecule is CC(C)(C)C1=CCN(S(=O)(=O)c2ccc(Cl)nc2)CC1. The summed E-state index contributed by atoms with van der Waals surface area (Å²) in [6.07, 6.45) is 4.09. The maximum Gasteiger partial charge on any atom is 0.244 e. The molecule has 6 heteroatoms. The molecule has 2 rings (SSSR count). The van der Waals surface area contributed by atoms with Crippen molar-refractivity contribution in [3.8, 4) is 0 Å². The van der Waals surface area contributed by atoms with Gasteiger partial charge in [0.2, 0.25) is 10.0 Å². The molecule has 0 radical (unpaired) electrons. The molecule has 0 saturated heterocycles. The Morgan fingerprint density at radius 2 is 2.00 bits per heavy atom. The van der Waals surface area contributed by atoms with E-state index in [1.165, 1.54) is 28.2 Å². The summed E-state index contributed by atoms with van der Waals surface area (Å²) in [7, 11) is -3.48. The van der Waals surface area contributed by atoms with Crippen LogP contribution in [0.2, 0.25) is 5.15 Å². The number of nitrogens with zero attached hydrogens (tertiary/aromatic N) is 2. The normalized spacial score (nSPS) is 17.9. The Kier molecular flexibility index (Phi) is 4.23. The van der Waals surface area contributed by atoms with Crippen molar-refractivity contribution in [3.63, 3.8) is 0 Å². The van der Waals surface area contributed by atoms with E-state index < -0.39 is 10.0 Å². The lowest BCUT2D eigenvalue weighted by atomic mass is 9.83. The van der Waals surface area contributed by atoms with Crippen molar-refractivity contribution in [1.82, 2.24) is 9.29 Å². The fraction of sp³-hybridized carbons (Fsp3) is 0.500. The van der Waals surface area contributed by atoms with E-state index in [1.807, 2.05) is 6.08 Å². The van der Waals surface area contributed by atoms with Crippen LogP contribution in [-0.4, -0.2) is 30.8 Å². The monoisotopic (exact) mass is 314 g/mol. The maximum absolute atomic E-state index is 12.5. The molecule has 0 bridgehead atoms. The van der Waals surface area contributed by atoms with E-state index in [4.69, 9.17) is 11.6 Å². The molecule has 110 valence electrons. The Labute approximate surface area is 125 Å². The van der Waals surface area contributed by atoms with Gasteiger partial charge in [-0.1, -0.05) is 44.0 Å². The van der Waals surface area contributed by atoms with Crippen molar-refractivity contribution < 1.29 is 8.42 Å². The van der Waals surface area contributed by atoms with E-state index in [2.05, 4.69) is 25.8 Å². The summed E-state index contributed by atoms with van der Waals surface area (Å²) in [5.74, 6) is 0. The molecule has 0 fully saturated rings. The molecule has 0 N–H and O–H groups in total. The summed E-state index contributed by atoms with van der Waals surface area (Å²) in [4.78, 5) is 4.03. The van der Waals surface area contributed by atoms with Gasteiger partial charge in [-0.25, -0.2) is 13.4 Å². The topological polar surface area (TPSA) is 50.3 Å². The van der Waals surface area contributed by atoms with E-state index in [9.17, 15) is 8.42 Å². The summed E-state index contributed by atoms with van der Waals surface area (Å²) in [5, 5.41) is 0.289. The van der Waals surface area contributed by atoms with E-state index in [1.54, 1.807) is 0 Å². The van der Waals surface area contributed by atoms with E-state index in [0.29, 0.717) is 13.1 Å². The smallest absolute Gasteiger partial charge is 0.243 e. The standard InChI is InChI=1S/C14H19ClN2O2S/c1-14(2,3)11-6-8-17(9-7-11)20(18,19)12-4-5-13(15)16-10-12/h4-6,10H,7-9H2,1-3H3. The molecule has 1 aromatic rings. The lowest BCUT2D eigenvalue weighted by Crippen LogP contribution is -2.36. The van der Waals surface area contributed by atoms with Crippen LogP contribution in [-0.2, 0) is 10.0 Å². The van der Waals surface area contributed by atoms with Gasteiger partial charge in [-0.05, 0) is 24.0 Å². The molecule has 0 unspecified atom stereocenters. The lowest BCUT2D eigenvalue weighted by Gasteiger charge is -2.31. The fourth-order valence-corrected chi connectivity index (χ4v) is 3.65. The van der Waals surface area contributed by atoms with Crippen LogP contribution in [0.3, 0.4) is 0 Å². The first-order chi connectivity index (χ1) is 9.21. The van der Waals surface area contributed by atoms with Gasteiger partial charge in [-0.2, -0.15) is 4.31 Å². The highest BCUT2D eigenvalue weighted by molar-refractivity contribution is 7.89. The van der Waals surface area contributed by atoms with Crippen molar-refractivity contribution in [3.05, 3.63) is 35.1 Å². The third-order valence-electron chi connectivity index (χ3n) is 3.47. The van der Waals surface area contributed by atoms with Crippen molar-refractivity contribution in [2.45, 2.75) is 32.1 Å². The molecule has 2 heterocycles. The van der Waals surface area contributed by atoms with Gasteiger partial charge in [-0.15, -0.1) is 0 Å². The Balaban J connectivity index is 2.21. The van der Waals surface area contributed by atoms with Crippen LogP contribution in [0.1, 0.15) is 27.2 Å². The van der Waals surface area contributed by atoms with Crippen LogP contribution in [0, 0.1) is 5.41 Å². The van der Waals surface area contributed by atoms with E-state index in [-0.39, 0.29) is 15.5 Å². The van der Waals surface area contributed by atoms with Crippen molar-refractivity contribution >= 4 is 21.6 Å². The molecule has 1 aliphatic heterocycles. The lowest BCUT2D eigenvalue weighted by molar-refractivity contribution is 0.389. The van der Waals surface area contributed by atoms with Crippen LogP contribution in [0.4, 0.5) is 0 Å². The van der Waals surface area contributed by atoms with Gasteiger partial charge < -0.3 is 0 Å². The van der Waals surface area contributed by atoms with Gasteiger partial charge in [0, 0.05) is 19.3 Å². The fourth-order valence-electron chi connectivity index (χ4n) is 2.21. The molecular formula is C14H19ClN2O2S. The van der Waals surface area contributed by atoms with Gasteiger partial charge in [0.1, 0.15) is 10.0 Å². The molecule has 0 atom stereocenters. The molecule has 0 amide bonds. The minimum absolute atomic E-state index is 0.0949. The second-order valence-electron chi connectivity index (χ2n) is 5.91. The second kappa shape index (κ2) is 5.47. The summed E-state index contributed by atoms with van der Waals surface area (Å²) in [6, 6.07) is 2.99. The highest BCUT2D eigenvalue weighted by Crippen LogP contribution is 2.31. The number of sulfonamides is 1. The van der Waals surface area contributed by atoms with Crippen LogP contribution >= 0.6 is 11.6 Å².